The summed E-state index contributed by atoms with van der Waals surface area (Å²) >= 11 is 7.44. The first-order valence-corrected chi connectivity index (χ1v) is 11.3. The molecule has 0 aliphatic carbocycles. The van der Waals surface area contributed by atoms with Crippen LogP contribution in [0.15, 0.2) is 47.8 Å². The summed E-state index contributed by atoms with van der Waals surface area (Å²) in [6.07, 6.45) is 4.83. The van der Waals surface area contributed by atoms with Crippen molar-refractivity contribution in [2.75, 3.05) is 18.9 Å². The second-order valence-electron chi connectivity index (χ2n) is 7.23. The van der Waals surface area contributed by atoms with Gasteiger partial charge in [0.2, 0.25) is 5.91 Å². The van der Waals surface area contributed by atoms with Crippen LogP contribution in [0.5, 0.6) is 0 Å². The van der Waals surface area contributed by atoms with E-state index < -0.39 is 0 Å². The number of aryl methyl sites for hydroxylation is 1. The lowest BCUT2D eigenvalue weighted by Crippen LogP contribution is -2.32. The SMILES string of the molecule is Cn1cccc1Cc1nnc(SCC(=O)NCC2CCCO2)n1-c1ccc(Cl)cc1. The summed E-state index contributed by atoms with van der Waals surface area (Å²) in [7, 11) is 2.01. The number of hydrogen-bond acceptors (Lipinski definition) is 5. The summed E-state index contributed by atoms with van der Waals surface area (Å²) in [6.45, 7) is 1.34. The lowest BCUT2D eigenvalue weighted by molar-refractivity contribution is -0.119. The highest BCUT2D eigenvalue weighted by molar-refractivity contribution is 7.99. The van der Waals surface area contributed by atoms with E-state index in [0.29, 0.717) is 23.1 Å². The largest absolute Gasteiger partial charge is 0.376 e. The van der Waals surface area contributed by atoms with Crippen molar-refractivity contribution in [1.29, 1.82) is 0 Å². The molecular formula is C21H24ClN5O2S. The minimum absolute atomic E-state index is 0.0369. The first-order valence-electron chi connectivity index (χ1n) is 9.91. The second kappa shape index (κ2) is 9.68. The molecule has 3 heterocycles. The van der Waals surface area contributed by atoms with E-state index in [4.69, 9.17) is 16.3 Å². The van der Waals surface area contributed by atoms with Gasteiger partial charge in [0.05, 0.1) is 11.9 Å². The molecule has 7 nitrogen and oxygen atoms in total. The summed E-state index contributed by atoms with van der Waals surface area (Å²) in [4.78, 5) is 12.3. The van der Waals surface area contributed by atoms with Gasteiger partial charge in [-0.1, -0.05) is 23.4 Å². The normalized spacial score (nSPS) is 16.1. The first kappa shape index (κ1) is 21.0. The number of halogens is 1. The average Bonchev–Trinajstić information content (AvgIpc) is 3.48. The van der Waals surface area contributed by atoms with Crippen LogP contribution in [-0.4, -0.2) is 50.2 Å². The summed E-state index contributed by atoms with van der Waals surface area (Å²) in [5.41, 5.74) is 2.04. The molecule has 0 radical (unpaired) electrons. The van der Waals surface area contributed by atoms with Crippen molar-refractivity contribution in [1.82, 2.24) is 24.6 Å². The van der Waals surface area contributed by atoms with Crippen LogP contribution in [0.25, 0.3) is 5.69 Å². The number of rotatable bonds is 8. The molecule has 1 fully saturated rings. The van der Waals surface area contributed by atoms with E-state index in [1.54, 1.807) is 0 Å². The Morgan fingerprint density at radius 1 is 1.30 bits per heavy atom. The van der Waals surface area contributed by atoms with Gasteiger partial charge in [0.15, 0.2) is 5.16 Å². The molecule has 1 aliphatic heterocycles. The van der Waals surface area contributed by atoms with Crippen LogP contribution in [0.3, 0.4) is 0 Å². The fourth-order valence-electron chi connectivity index (χ4n) is 3.41. The molecule has 1 unspecified atom stereocenters. The van der Waals surface area contributed by atoms with Crippen molar-refractivity contribution in [3.8, 4) is 5.69 Å². The minimum atomic E-state index is -0.0369. The van der Waals surface area contributed by atoms with Gasteiger partial charge >= 0.3 is 0 Å². The van der Waals surface area contributed by atoms with Crippen molar-refractivity contribution in [3.05, 3.63) is 59.1 Å². The molecule has 1 atom stereocenters. The van der Waals surface area contributed by atoms with Crippen molar-refractivity contribution >= 4 is 29.3 Å². The van der Waals surface area contributed by atoms with Crippen LogP contribution in [0.4, 0.5) is 0 Å². The van der Waals surface area contributed by atoms with Crippen molar-refractivity contribution in [3.63, 3.8) is 0 Å². The van der Waals surface area contributed by atoms with Crippen molar-refractivity contribution in [2.45, 2.75) is 30.5 Å². The number of thioether (sulfide) groups is 1. The zero-order chi connectivity index (χ0) is 20.9. The number of hydrogen-bond donors (Lipinski definition) is 1. The van der Waals surface area contributed by atoms with Gasteiger partial charge in [-0.15, -0.1) is 10.2 Å². The van der Waals surface area contributed by atoms with Gasteiger partial charge in [0.1, 0.15) is 5.82 Å². The van der Waals surface area contributed by atoms with E-state index in [1.807, 2.05) is 48.1 Å². The third kappa shape index (κ3) is 5.06. The summed E-state index contributed by atoms with van der Waals surface area (Å²) in [6, 6.07) is 11.6. The molecule has 1 saturated heterocycles. The van der Waals surface area contributed by atoms with Gasteiger partial charge in [-0.2, -0.15) is 0 Å². The predicted octanol–water partition coefficient (Wildman–Crippen LogP) is 3.24. The molecule has 30 heavy (non-hydrogen) atoms. The highest BCUT2D eigenvalue weighted by atomic mass is 35.5. The molecule has 1 N–H and O–H groups in total. The van der Waals surface area contributed by atoms with Gasteiger partial charge in [0, 0.05) is 49.2 Å². The molecule has 158 valence electrons. The molecule has 4 rings (SSSR count). The van der Waals surface area contributed by atoms with Gasteiger partial charge in [-0.3, -0.25) is 9.36 Å². The molecule has 3 aromatic rings. The Hall–Kier alpha value is -2.29. The zero-order valence-corrected chi connectivity index (χ0v) is 18.3. The van der Waals surface area contributed by atoms with E-state index in [-0.39, 0.29) is 17.8 Å². The highest BCUT2D eigenvalue weighted by Crippen LogP contribution is 2.24. The van der Waals surface area contributed by atoms with Crippen LogP contribution in [0, 0.1) is 0 Å². The predicted molar refractivity (Wildman–Crippen MR) is 117 cm³/mol. The maximum Gasteiger partial charge on any atom is 0.230 e. The fourth-order valence-corrected chi connectivity index (χ4v) is 4.34. The van der Waals surface area contributed by atoms with Crippen LogP contribution >= 0.6 is 23.4 Å². The number of aromatic nitrogens is 4. The third-order valence-corrected chi connectivity index (χ3v) is 6.24. The first-order chi connectivity index (χ1) is 14.6. The number of carbonyl (C=O) groups is 1. The van der Waals surface area contributed by atoms with Gasteiger partial charge < -0.3 is 14.6 Å². The van der Waals surface area contributed by atoms with Crippen LogP contribution in [0.2, 0.25) is 5.02 Å². The lowest BCUT2D eigenvalue weighted by Gasteiger charge is -2.12. The van der Waals surface area contributed by atoms with Gasteiger partial charge in [0.25, 0.3) is 0 Å². The molecule has 1 amide bonds. The monoisotopic (exact) mass is 445 g/mol. The quantitative estimate of drug-likeness (QED) is 0.539. The lowest BCUT2D eigenvalue weighted by atomic mass is 10.2. The average molecular weight is 446 g/mol. The van der Waals surface area contributed by atoms with E-state index in [1.165, 1.54) is 11.8 Å². The number of ether oxygens (including phenoxy) is 1. The maximum atomic E-state index is 12.3. The highest BCUT2D eigenvalue weighted by Gasteiger charge is 2.19. The van der Waals surface area contributed by atoms with E-state index >= 15 is 0 Å². The third-order valence-electron chi connectivity index (χ3n) is 5.06. The number of benzene rings is 1. The summed E-state index contributed by atoms with van der Waals surface area (Å²) < 4.78 is 9.60. The van der Waals surface area contributed by atoms with Gasteiger partial charge in [-0.05, 0) is 49.2 Å². The summed E-state index contributed by atoms with van der Waals surface area (Å²) in [5.74, 6) is 1.04. The Kier molecular flexibility index (Phi) is 6.76. The number of carbonyl (C=O) groups excluding carboxylic acids is 1. The topological polar surface area (TPSA) is 74.0 Å². The zero-order valence-electron chi connectivity index (χ0n) is 16.8. The molecule has 2 aromatic heterocycles. The van der Waals surface area contributed by atoms with Crippen LogP contribution < -0.4 is 5.32 Å². The Morgan fingerprint density at radius 3 is 2.83 bits per heavy atom. The Labute approximate surface area is 184 Å². The van der Waals surface area contributed by atoms with E-state index in [2.05, 4.69) is 26.1 Å². The van der Waals surface area contributed by atoms with E-state index in [9.17, 15) is 4.79 Å². The van der Waals surface area contributed by atoms with Crippen LogP contribution in [0.1, 0.15) is 24.4 Å². The van der Waals surface area contributed by atoms with E-state index in [0.717, 1.165) is 36.7 Å². The smallest absolute Gasteiger partial charge is 0.230 e. The molecule has 1 aliphatic rings. The molecule has 9 heteroatoms. The Balaban J connectivity index is 1.49. The molecule has 0 bridgehead atoms. The standard InChI is InChI=1S/C21H24ClN5O2S/c1-26-10-2-4-17(26)12-19-24-25-21(27(19)16-8-6-15(22)7-9-16)30-14-20(28)23-13-18-5-3-11-29-18/h2,4,6-10,18H,3,5,11-14H2,1H3,(H,23,28). The summed E-state index contributed by atoms with van der Waals surface area (Å²) in [5, 5.41) is 13.1. The van der Waals surface area contributed by atoms with Crippen molar-refractivity contribution < 1.29 is 9.53 Å². The molecule has 0 saturated carbocycles. The number of nitrogens with one attached hydrogen (secondary N) is 1. The molecule has 0 spiro atoms. The minimum Gasteiger partial charge on any atom is -0.376 e. The molecule has 1 aromatic carbocycles. The Bertz CT molecular complexity index is 995. The van der Waals surface area contributed by atoms with Gasteiger partial charge in [-0.25, -0.2) is 0 Å². The van der Waals surface area contributed by atoms with Crippen LogP contribution in [-0.2, 0) is 23.0 Å². The number of amides is 1. The molecular weight excluding hydrogens is 422 g/mol. The fraction of sp³-hybridized carbons (Fsp3) is 0.381. The maximum absolute atomic E-state index is 12.3. The number of nitrogens with zero attached hydrogens (tertiary/aromatic N) is 4. The van der Waals surface area contributed by atoms with Crippen molar-refractivity contribution in [2.24, 2.45) is 7.05 Å². The second-order valence-corrected chi connectivity index (χ2v) is 8.60. The Morgan fingerprint density at radius 2 is 2.13 bits per heavy atom.